The van der Waals surface area contributed by atoms with Crippen molar-refractivity contribution in [3.63, 3.8) is 0 Å². The van der Waals surface area contributed by atoms with Gasteiger partial charge in [0, 0.05) is 30.3 Å². The summed E-state index contributed by atoms with van der Waals surface area (Å²) in [7, 11) is 0. The van der Waals surface area contributed by atoms with Crippen molar-refractivity contribution in [1.82, 2.24) is 9.55 Å². The molecule has 0 radical (unpaired) electrons. The Morgan fingerprint density at radius 2 is 1.07 bits per heavy atom. The minimum Gasteiger partial charge on any atom is -0.335 e. The minimum absolute atomic E-state index is 0.0198. The molecule has 2 atom stereocenters. The molecule has 0 spiro atoms. The van der Waals surface area contributed by atoms with Crippen LogP contribution in [0.1, 0.15) is 172 Å². The maximum absolute atomic E-state index is 5.08. The molecule has 2 nitrogen and oxygen atoms in total. The predicted octanol–water partition coefficient (Wildman–Crippen LogP) is 13.0. The highest BCUT2D eigenvalue weighted by Gasteiger charge is 2.39. The Hall–Kier alpha value is -2.35. The first-order valence-electron chi connectivity index (χ1n) is 18.8. The highest BCUT2D eigenvalue weighted by atomic mass is 15.1. The molecule has 2 heteroatoms. The van der Waals surface area contributed by atoms with Crippen LogP contribution in [0.4, 0.5) is 0 Å². The van der Waals surface area contributed by atoms with E-state index in [9.17, 15) is 0 Å². The lowest BCUT2D eigenvalue weighted by molar-refractivity contribution is 0.322. The van der Waals surface area contributed by atoms with E-state index in [2.05, 4.69) is 98.4 Å². The van der Waals surface area contributed by atoms with E-state index in [1.165, 1.54) is 145 Å². The summed E-state index contributed by atoms with van der Waals surface area (Å²) in [5.41, 5.74) is 2.83. The van der Waals surface area contributed by atoms with E-state index < -0.39 is 0 Å². The Morgan fingerprint density at radius 1 is 0.591 bits per heavy atom. The topological polar surface area (TPSA) is 17.8 Å². The molecule has 3 aromatic rings. The Kier molecular flexibility index (Phi) is 18.2. The summed E-state index contributed by atoms with van der Waals surface area (Å²) in [4.78, 5) is 5.08. The molecule has 1 aromatic heterocycles. The summed E-state index contributed by atoms with van der Waals surface area (Å²) in [5.74, 6) is 1.68. The second-order valence-electron chi connectivity index (χ2n) is 13.8. The van der Waals surface area contributed by atoms with Crippen molar-refractivity contribution < 1.29 is 0 Å². The number of aryl methyl sites for hydroxylation is 1. The molecule has 0 aliphatic heterocycles. The lowest BCUT2D eigenvalue weighted by Crippen LogP contribution is -2.35. The molecule has 0 fully saturated rings. The van der Waals surface area contributed by atoms with Crippen molar-refractivity contribution in [1.29, 1.82) is 0 Å². The quantitative estimate of drug-likeness (QED) is 0.0840. The van der Waals surface area contributed by atoms with Gasteiger partial charge in [0.1, 0.15) is 5.82 Å². The number of unbranched alkanes of at least 4 members (excludes halogenated alkanes) is 17. The largest absolute Gasteiger partial charge is 0.335 e. The van der Waals surface area contributed by atoms with Crippen LogP contribution in [0.25, 0.3) is 0 Å². The molecule has 0 aliphatic rings. The fraction of sp³-hybridized carbons (Fsp3) is 0.643. The molecule has 0 aliphatic carbocycles. The van der Waals surface area contributed by atoms with Crippen molar-refractivity contribution in [3.05, 3.63) is 90.0 Å². The Labute approximate surface area is 272 Å². The fourth-order valence-corrected chi connectivity index (χ4v) is 7.25. The first-order valence-corrected chi connectivity index (χ1v) is 18.8. The molecule has 44 heavy (non-hydrogen) atoms. The van der Waals surface area contributed by atoms with E-state index in [1.54, 1.807) is 0 Å². The zero-order valence-electron chi connectivity index (χ0n) is 29.0. The highest BCUT2D eigenvalue weighted by molar-refractivity contribution is 5.33. The lowest BCUT2D eigenvalue weighted by Gasteiger charge is -2.39. The molecule has 0 amide bonds. The SMILES string of the molecule is CCCCCCCCCCCCCCCCCCn1ccnc1C(CCCCC)C(C)(Cc1ccccc1)c1ccccc1. The Morgan fingerprint density at radius 3 is 1.61 bits per heavy atom. The van der Waals surface area contributed by atoms with Gasteiger partial charge in [0.05, 0.1) is 0 Å². The second kappa shape index (κ2) is 22.2. The molecule has 1 heterocycles. The summed E-state index contributed by atoms with van der Waals surface area (Å²) in [6.45, 7) is 8.21. The van der Waals surface area contributed by atoms with Crippen LogP contribution in [0.2, 0.25) is 0 Å². The smallest absolute Gasteiger partial charge is 0.112 e. The molecular formula is C42H66N2. The molecule has 244 valence electrons. The third kappa shape index (κ3) is 12.9. The van der Waals surface area contributed by atoms with Crippen LogP contribution < -0.4 is 0 Å². The van der Waals surface area contributed by atoms with Gasteiger partial charge in [-0.25, -0.2) is 4.98 Å². The number of rotatable bonds is 26. The van der Waals surface area contributed by atoms with Crippen LogP contribution in [-0.2, 0) is 18.4 Å². The predicted molar refractivity (Wildman–Crippen MR) is 193 cm³/mol. The summed E-state index contributed by atoms with van der Waals surface area (Å²) in [6, 6.07) is 22.4. The van der Waals surface area contributed by atoms with E-state index in [0.717, 1.165) is 13.0 Å². The van der Waals surface area contributed by atoms with Gasteiger partial charge in [0.25, 0.3) is 0 Å². The van der Waals surface area contributed by atoms with E-state index in [1.807, 2.05) is 0 Å². The molecule has 0 N–H and O–H groups in total. The molecular weight excluding hydrogens is 532 g/mol. The van der Waals surface area contributed by atoms with Crippen molar-refractivity contribution in [2.24, 2.45) is 0 Å². The van der Waals surface area contributed by atoms with E-state index >= 15 is 0 Å². The molecule has 0 saturated carbocycles. The summed E-state index contributed by atoms with van der Waals surface area (Å²) >= 11 is 0. The Balaban J connectivity index is 1.48. The van der Waals surface area contributed by atoms with Crippen molar-refractivity contribution in [3.8, 4) is 0 Å². The van der Waals surface area contributed by atoms with Crippen LogP contribution >= 0.6 is 0 Å². The summed E-state index contributed by atoms with van der Waals surface area (Å²) in [6.07, 6.45) is 32.9. The molecule has 0 bridgehead atoms. The van der Waals surface area contributed by atoms with Gasteiger partial charge in [-0.05, 0) is 30.4 Å². The second-order valence-corrected chi connectivity index (χ2v) is 13.8. The highest BCUT2D eigenvalue weighted by Crippen LogP contribution is 2.44. The molecule has 2 unspecified atom stereocenters. The number of nitrogens with zero attached hydrogens (tertiary/aromatic N) is 2. The number of hydrogen-bond donors (Lipinski definition) is 0. The maximum atomic E-state index is 5.08. The monoisotopic (exact) mass is 599 g/mol. The maximum Gasteiger partial charge on any atom is 0.112 e. The van der Waals surface area contributed by atoms with Gasteiger partial charge >= 0.3 is 0 Å². The van der Waals surface area contributed by atoms with Crippen LogP contribution in [0.15, 0.2) is 73.1 Å². The molecule has 0 saturated heterocycles. The number of hydrogen-bond acceptors (Lipinski definition) is 1. The van der Waals surface area contributed by atoms with Crippen LogP contribution in [-0.4, -0.2) is 9.55 Å². The van der Waals surface area contributed by atoms with Gasteiger partial charge in [-0.2, -0.15) is 0 Å². The summed E-state index contributed by atoms with van der Waals surface area (Å²) < 4.78 is 2.51. The van der Waals surface area contributed by atoms with Gasteiger partial charge in [-0.1, -0.05) is 197 Å². The van der Waals surface area contributed by atoms with Crippen molar-refractivity contribution in [2.75, 3.05) is 0 Å². The first kappa shape index (κ1) is 36.1. The van der Waals surface area contributed by atoms with Gasteiger partial charge in [0.15, 0.2) is 0 Å². The minimum atomic E-state index is -0.0198. The van der Waals surface area contributed by atoms with Crippen LogP contribution in [0.5, 0.6) is 0 Å². The van der Waals surface area contributed by atoms with Crippen molar-refractivity contribution >= 4 is 0 Å². The number of imidazole rings is 1. The normalized spacial score (nSPS) is 13.6. The number of aromatic nitrogens is 2. The average Bonchev–Trinajstić information content (AvgIpc) is 3.51. The first-order chi connectivity index (χ1) is 21.7. The summed E-state index contributed by atoms with van der Waals surface area (Å²) in [5, 5.41) is 0. The zero-order valence-corrected chi connectivity index (χ0v) is 29.0. The van der Waals surface area contributed by atoms with E-state index in [-0.39, 0.29) is 5.41 Å². The average molecular weight is 599 g/mol. The fourth-order valence-electron chi connectivity index (χ4n) is 7.25. The van der Waals surface area contributed by atoms with Crippen molar-refractivity contribution in [2.45, 2.75) is 173 Å². The molecule has 2 aromatic carbocycles. The van der Waals surface area contributed by atoms with Gasteiger partial charge < -0.3 is 4.57 Å². The van der Waals surface area contributed by atoms with E-state index in [0.29, 0.717) is 5.92 Å². The molecule has 3 rings (SSSR count). The van der Waals surface area contributed by atoms with Gasteiger partial charge in [0.2, 0.25) is 0 Å². The van der Waals surface area contributed by atoms with Gasteiger partial charge in [-0.3, -0.25) is 0 Å². The zero-order chi connectivity index (χ0) is 31.1. The third-order valence-electron chi connectivity index (χ3n) is 10.0. The number of benzene rings is 2. The van der Waals surface area contributed by atoms with Crippen LogP contribution in [0, 0.1) is 0 Å². The van der Waals surface area contributed by atoms with E-state index in [4.69, 9.17) is 4.98 Å². The van der Waals surface area contributed by atoms with Crippen LogP contribution in [0.3, 0.4) is 0 Å². The lowest BCUT2D eigenvalue weighted by atomic mass is 9.66. The standard InChI is InChI=1S/C42H66N2/c1-4-6-8-9-10-11-12-13-14-15-16-17-18-19-20-28-35-44-36-34-43-41(44)40(33-23-7-5-2)42(3,39-31-26-22-27-32-39)37-38-29-24-21-25-30-38/h21-22,24-27,29-32,34,36,40H,4-20,23,28,33,35,37H2,1-3H3. The third-order valence-corrected chi connectivity index (χ3v) is 10.0. The Bertz CT molecular complexity index is 1070. The van der Waals surface area contributed by atoms with Gasteiger partial charge in [-0.15, -0.1) is 0 Å².